The number of anilines is 1. The quantitative estimate of drug-likeness (QED) is 0.245. The number of hydrogen-bond acceptors (Lipinski definition) is 11. The van der Waals surface area contributed by atoms with Crippen LogP contribution >= 0.6 is 0 Å². The number of aliphatic hydroxyl groups excluding tert-OH is 1. The first-order valence-electron chi connectivity index (χ1n) is 19.7. The fourth-order valence-electron chi connectivity index (χ4n) is 8.12. The number of esters is 1. The third kappa shape index (κ3) is 9.53. The average molecular weight is 842 g/mol. The van der Waals surface area contributed by atoms with Crippen molar-refractivity contribution in [2.75, 3.05) is 32.2 Å². The van der Waals surface area contributed by atoms with Crippen LogP contribution in [0.4, 0.5) is 19.3 Å². The Morgan fingerprint density at radius 1 is 0.933 bits per heavy atom. The minimum atomic E-state index is -1.71. The number of cyclic esters (lactones) is 1. The van der Waals surface area contributed by atoms with Crippen molar-refractivity contribution in [2.24, 2.45) is 5.92 Å². The molecule has 20 heteroatoms. The van der Waals surface area contributed by atoms with Gasteiger partial charge in [-0.1, -0.05) is 6.92 Å². The van der Waals surface area contributed by atoms with Crippen LogP contribution in [0.25, 0.3) is 0 Å². The second-order valence-electron chi connectivity index (χ2n) is 15.7. The van der Waals surface area contributed by atoms with Crippen LogP contribution in [0, 0.1) is 17.6 Å². The predicted octanol–water partition coefficient (Wildman–Crippen LogP) is 0.797. The first kappa shape index (κ1) is 43.5. The van der Waals surface area contributed by atoms with Crippen LogP contribution in [0.5, 0.6) is 11.5 Å². The van der Waals surface area contributed by atoms with E-state index < -0.39 is 108 Å². The fourth-order valence-corrected chi connectivity index (χ4v) is 8.12. The highest BCUT2D eigenvalue weighted by atomic mass is 19.1. The second kappa shape index (κ2) is 18.1. The van der Waals surface area contributed by atoms with E-state index in [2.05, 4.69) is 21.3 Å². The largest absolute Gasteiger partial charge is 0.458 e. The topological polar surface area (TPSA) is 225 Å². The number of halogens is 2. The van der Waals surface area contributed by atoms with Gasteiger partial charge in [-0.2, -0.15) is 0 Å². The maximum Gasteiger partial charge on any atom is 0.329 e. The zero-order chi connectivity index (χ0) is 43.6. The van der Waals surface area contributed by atoms with E-state index in [1.807, 2.05) is 6.92 Å². The molecule has 0 bridgehead atoms. The molecule has 60 heavy (non-hydrogen) atoms. The van der Waals surface area contributed by atoms with Gasteiger partial charge in [0.05, 0.1) is 6.10 Å². The van der Waals surface area contributed by atoms with E-state index >= 15 is 0 Å². The number of carbonyl (C=O) groups excluding carboxylic acids is 7. The minimum Gasteiger partial charge on any atom is -0.458 e. The lowest BCUT2D eigenvalue weighted by Gasteiger charge is -2.37. The average Bonchev–Trinajstić information content (AvgIpc) is 3.95. The maximum atomic E-state index is 14.6. The number of carbonyl (C=O) groups is 7. The summed E-state index contributed by atoms with van der Waals surface area (Å²) in [5.74, 6) is -6.25. The van der Waals surface area contributed by atoms with Crippen molar-refractivity contribution < 1.29 is 61.7 Å². The number of likely N-dealkylation sites (N-methyl/N-ethyl adjacent to an activating group) is 1. The van der Waals surface area contributed by atoms with Crippen molar-refractivity contribution in [3.8, 4) is 11.5 Å². The molecule has 0 aliphatic carbocycles. The Morgan fingerprint density at radius 3 is 2.33 bits per heavy atom. The number of rotatable bonds is 7. The molecular weight excluding hydrogens is 792 g/mol. The third-order valence-electron chi connectivity index (χ3n) is 11.1. The first-order valence-corrected chi connectivity index (χ1v) is 19.7. The van der Waals surface area contributed by atoms with Crippen LogP contribution in [0.3, 0.4) is 0 Å². The van der Waals surface area contributed by atoms with Gasteiger partial charge in [0.15, 0.2) is 11.5 Å². The van der Waals surface area contributed by atoms with Gasteiger partial charge in [-0.05, 0) is 75.8 Å². The van der Waals surface area contributed by atoms with Crippen molar-refractivity contribution in [3.63, 3.8) is 0 Å². The van der Waals surface area contributed by atoms with E-state index in [9.17, 15) is 47.4 Å². The van der Waals surface area contributed by atoms with Gasteiger partial charge in [0.25, 0.3) is 0 Å². The number of benzene rings is 2. The standard InChI is InChI=1S/C40H49F2N7O11/c1-19-11-29-39(56)60-22(4)32(38(55)48-10-6-7-28(48)37(54)47(5)33(21(3)50)35(52)43-20(2)36(53)49(29)17-19)46-34(51)27(14-23-12-24(41)15-25(42)13-23)45-40(57)44-26-8-9-30-31(16-26)59-18-58-30/h8-9,12-13,15-16,19-22,27-29,32-33,50H,6-7,10-11,14,17-18H2,1-5H3,(H,43,52)(H,46,51)(H2,44,45,57)/t19-,20+,21+,22+,27+,28+,29+,32+,33+/m1/s1. The monoisotopic (exact) mass is 841 g/mol. The van der Waals surface area contributed by atoms with Gasteiger partial charge in [0.1, 0.15) is 54.0 Å². The normalized spacial score (nSPS) is 27.1. The van der Waals surface area contributed by atoms with Crippen LogP contribution in [0.1, 0.15) is 52.5 Å². The summed E-state index contributed by atoms with van der Waals surface area (Å²) in [5, 5.41) is 20.9. The summed E-state index contributed by atoms with van der Waals surface area (Å²) >= 11 is 0. The van der Waals surface area contributed by atoms with Gasteiger partial charge in [-0.3, -0.25) is 24.0 Å². The molecule has 2 aromatic rings. The highest BCUT2D eigenvalue weighted by Crippen LogP contribution is 2.34. The Morgan fingerprint density at radius 2 is 1.63 bits per heavy atom. The van der Waals surface area contributed by atoms with Crippen LogP contribution in [-0.2, 0) is 39.9 Å². The molecular formula is C40H49F2N7O11. The molecule has 0 aromatic heterocycles. The first-order chi connectivity index (χ1) is 28.4. The number of nitrogens with zero attached hydrogens (tertiary/aromatic N) is 3. The van der Waals surface area contributed by atoms with Crippen LogP contribution in [0.15, 0.2) is 36.4 Å². The number of amides is 7. The molecule has 3 saturated heterocycles. The zero-order valence-electron chi connectivity index (χ0n) is 33.7. The molecule has 7 amide bonds. The Kier molecular flexibility index (Phi) is 13.1. The van der Waals surface area contributed by atoms with Crippen LogP contribution < -0.4 is 30.7 Å². The van der Waals surface area contributed by atoms with Crippen LogP contribution in [-0.4, -0.2) is 137 Å². The molecule has 0 unspecified atom stereocenters. The number of ether oxygens (including phenoxy) is 3. The van der Waals surface area contributed by atoms with E-state index in [4.69, 9.17) is 14.2 Å². The van der Waals surface area contributed by atoms with Gasteiger partial charge in [-0.15, -0.1) is 0 Å². The van der Waals surface area contributed by atoms with Gasteiger partial charge < -0.3 is 55.3 Å². The summed E-state index contributed by atoms with van der Waals surface area (Å²) in [7, 11) is 1.29. The van der Waals surface area contributed by atoms with Crippen molar-refractivity contribution in [1.29, 1.82) is 0 Å². The molecule has 4 aliphatic rings. The highest BCUT2D eigenvalue weighted by molar-refractivity contribution is 5.99. The molecule has 2 aromatic carbocycles. The zero-order valence-corrected chi connectivity index (χ0v) is 33.7. The smallest absolute Gasteiger partial charge is 0.329 e. The van der Waals surface area contributed by atoms with E-state index in [0.29, 0.717) is 24.0 Å². The number of nitrogens with one attached hydrogen (secondary N) is 4. The Balaban J connectivity index is 1.33. The molecule has 5 N–H and O–H groups in total. The Bertz CT molecular complexity index is 2020. The van der Waals surface area contributed by atoms with Crippen molar-refractivity contribution >= 4 is 47.2 Å². The molecule has 3 fully saturated rings. The molecule has 0 spiro atoms. The van der Waals surface area contributed by atoms with E-state index in [-0.39, 0.29) is 49.9 Å². The lowest BCUT2D eigenvalue weighted by Crippen LogP contribution is -2.63. The molecule has 4 aliphatic heterocycles. The lowest BCUT2D eigenvalue weighted by atomic mass is 10.0. The molecule has 18 nitrogen and oxygen atoms in total. The summed E-state index contributed by atoms with van der Waals surface area (Å²) in [6, 6.07) is -2.10. The summed E-state index contributed by atoms with van der Waals surface area (Å²) < 4.78 is 45.2. The van der Waals surface area contributed by atoms with E-state index in [1.54, 1.807) is 6.07 Å². The third-order valence-corrected chi connectivity index (χ3v) is 11.1. The molecule has 0 saturated carbocycles. The fraction of sp³-hybridized carbons (Fsp3) is 0.525. The van der Waals surface area contributed by atoms with Crippen LogP contribution in [0.2, 0.25) is 0 Å². The predicted molar refractivity (Wildman–Crippen MR) is 206 cm³/mol. The molecule has 324 valence electrons. The summed E-state index contributed by atoms with van der Waals surface area (Å²) in [4.78, 5) is 101. The molecule has 4 heterocycles. The van der Waals surface area contributed by atoms with E-state index in [0.717, 1.165) is 17.0 Å². The minimum absolute atomic E-state index is 0.0172. The van der Waals surface area contributed by atoms with E-state index in [1.165, 1.54) is 49.8 Å². The van der Waals surface area contributed by atoms with Gasteiger partial charge in [0, 0.05) is 44.4 Å². The SMILES string of the molecule is C[C@@H]1C[C@H]2C(=O)O[C@@H](C)[C@H](NC(=O)[C@H](Cc3cc(F)cc(F)c3)NC(=O)Nc3ccc4c(c3)OCO4)C(=O)N3CCC[C@H]3C(=O)N(C)[C@@H]([C@H](C)O)C(=O)N[C@@H](C)C(=O)N2C1. The highest BCUT2D eigenvalue weighted by Gasteiger charge is 2.47. The number of urea groups is 1. The van der Waals surface area contributed by atoms with Gasteiger partial charge >= 0.3 is 12.0 Å². The Labute approximate surface area is 344 Å². The Hall–Kier alpha value is -6.05. The second-order valence-corrected chi connectivity index (χ2v) is 15.7. The maximum absolute atomic E-state index is 14.6. The van der Waals surface area contributed by atoms with Crippen molar-refractivity contribution in [1.82, 2.24) is 30.7 Å². The van der Waals surface area contributed by atoms with Crippen molar-refractivity contribution in [2.45, 2.75) is 102 Å². The summed E-state index contributed by atoms with van der Waals surface area (Å²) in [6.45, 7) is 5.99. The lowest BCUT2D eigenvalue weighted by molar-refractivity contribution is -0.163. The summed E-state index contributed by atoms with van der Waals surface area (Å²) in [5.41, 5.74) is 0.216. The number of hydrogen-bond donors (Lipinski definition) is 5. The number of fused-ring (bicyclic) bond motifs is 3. The molecule has 0 radical (unpaired) electrons. The summed E-state index contributed by atoms with van der Waals surface area (Å²) in [6.07, 6.45) is -2.69. The van der Waals surface area contributed by atoms with Gasteiger partial charge in [-0.25, -0.2) is 18.4 Å². The van der Waals surface area contributed by atoms with Gasteiger partial charge in [0.2, 0.25) is 36.3 Å². The molecule has 9 atom stereocenters. The number of aliphatic hydroxyl groups is 1. The van der Waals surface area contributed by atoms with Crippen molar-refractivity contribution in [3.05, 3.63) is 53.6 Å². The molecule has 6 rings (SSSR count).